The van der Waals surface area contributed by atoms with Gasteiger partial charge >= 0.3 is 5.97 Å². The van der Waals surface area contributed by atoms with Crippen LogP contribution in [0.1, 0.15) is 41.6 Å². The lowest BCUT2D eigenvalue weighted by molar-refractivity contribution is -0.139. The summed E-state index contributed by atoms with van der Waals surface area (Å²) in [6.07, 6.45) is 3.54. The maximum atomic E-state index is 12.1. The van der Waals surface area contributed by atoms with Crippen molar-refractivity contribution in [3.05, 3.63) is 34.3 Å². The Hall–Kier alpha value is -2.22. The second-order valence-electron chi connectivity index (χ2n) is 4.89. The number of nitrogens with zero attached hydrogens (tertiary/aromatic N) is 3. The zero-order valence-corrected chi connectivity index (χ0v) is 13.0. The number of carbonyl (C=O) groups is 2. The summed E-state index contributed by atoms with van der Waals surface area (Å²) in [6.45, 7) is 2.51. The van der Waals surface area contributed by atoms with Crippen molar-refractivity contribution in [2.75, 3.05) is 0 Å². The van der Waals surface area contributed by atoms with Crippen molar-refractivity contribution >= 4 is 23.2 Å². The Morgan fingerprint density at radius 1 is 1.50 bits per heavy atom. The monoisotopic (exact) mass is 322 g/mol. The first-order valence-corrected chi connectivity index (χ1v) is 7.94. The van der Waals surface area contributed by atoms with Crippen LogP contribution < -0.4 is 5.32 Å². The fourth-order valence-electron chi connectivity index (χ4n) is 1.94. The number of hydrogen-bond acceptors (Lipinski definition) is 5. The van der Waals surface area contributed by atoms with Crippen LogP contribution in [0.15, 0.2) is 23.7 Å². The molecule has 1 unspecified atom stereocenters. The quantitative estimate of drug-likeness (QED) is 0.772. The van der Waals surface area contributed by atoms with Gasteiger partial charge in [-0.05, 0) is 17.9 Å². The first-order valence-electron chi connectivity index (χ1n) is 7.06. The van der Waals surface area contributed by atoms with E-state index in [1.165, 1.54) is 6.20 Å². The summed E-state index contributed by atoms with van der Waals surface area (Å²) < 4.78 is 1.56. The Bertz CT molecular complexity index is 624. The van der Waals surface area contributed by atoms with Gasteiger partial charge in [0, 0.05) is 4.88 Å². The van der Waals surface area contributed by atoms with Gasteiger partial charge in [0.2, 0.25) is 0 Å². The predicted octanol–water partition coefficient (Wildman–Crippen LogP) is 1.76. The number of thiophene rings is 1. The van der Waals surface area contributed by atoms with E-state index in [1.54, 1.807) is 16.0 Å². The molecular weight excluding hydrogens is 304 g/mol. The van der Waals surface area contributed by atoms with Crippen molar-refractivity contribution in [1.29, 1.82) is 0 Å². The molecule has 0 spiro atoms. The van der Waals surface area contributed by atoms with Crippen molar-refractivity contribution in [2.45, 2.75) is 38.8 Å². The third kappa shape index (κ3) is 4.39. The molecule has 2 heterocycles. The molecule has 0 aliphatic rings. The van der Waals surface area contributed by atoms with E-state index in [-0.39, 0.29) is 5.69 Å². The summed E-state index contributed by atoms with van der Waals surface area (Å²) >= 11 is 1.59. The fraction of sp³-hybridized carbons (Fsp3) is 0.429. The van der Waals surface area contributed by atoms with E-state index >= 15 is 0 Å². The minimum absolute atomic E-state index is 0.124. The SMILES string of the molecule is CCCCC(NC(=O)c1cn(Cc2cccs2)nn1)C(=O)O. The molecule has 1 atom stereocenters. The third-order valence-corrected chi connectivity index (χ3v) is 3.98. The van der Waals surface area contributed by atoms with Crippen LogP contribution >= 0.6 is 11.3 Å². The van der Waals surface area contributed by atoms with Crippen LogP contribution in [0, 0.1) is 0 Å². The first kappa shape index (κ1) is 16.2. The Kier molecular flexibility index (Phi) is 5.65. The van der Waals surface area contributed by atoms with Gasteiger partial charge in [0.25, 0.3) is 5.91 Å². The summed E-state index contributed by atoms with van der Waals surface area (Å²) in [5.74, 6) is -1.55. The highest BCUT2D eigenvalue weighted by Gasteiger charge is 2.21. The van der Waals surface area contributed by atoms with Gasteiger partial charge in [-0.2, -0.15) is 0 Å². The first-order chi connectivity index (χ1) is 10.6. The molecule has 0 aromatic carbocycles. The van der Waals surface area contributed by atoms with E-state index in [0.717, 1.165) is 17.7 Å². The van der Waals surface area contributed by atoms with E-state index in [4.69, 9.17) is 5.11 Å². The molecule has 0 bridgehead atoms. The van der Waals surface area contributed by atoms with Gasteiger partial charge in [0.15, 0.2) is 5.69 Å². The minimum Gasteiger partial charge on any atom is -0.480 e. The fourth-order valence-corrected chi connectivity index (χ4v) is 2.64. The maximum absolute atomic E-state index is 12.1. The number of aliphatic carboxylic acids is 1. The lowest BCUT2D eigenvalue weighted by Crippen LogP contribution is -2.40. The number of unbranched alkanes of at least 4 members (excludes halogenated alkanes) is 1. The number of rotatable bonds is 8. The number of hydrogen-bond donors (Lipinski definition) is 2. The molecule has 0 radical (unpaired) electrons. The van der Waals surface area contributed by atoms with Crippen LogP contribution in [-0.4, -0.2) is 38.0 Å². The van der Waals surface area contributed by atoms with E-state index < -0.39 is 17.9 Å². The van der Waals surface area contributed by atoms with Crippen molar-refractivity contribution in [3.8, 4) is 0 Å². The van der Waals surface area contributed by atoms with Crippen LogP contribution in [0.2, 0.25) is 0 Å². The van der Waals surface area contributed by atoms with Gasteiger partial charge < -0.3 is 10.4 Å². The van der Waals surface area contributed by atoms with Crippen LogP contribution in [0.25, 0.3) is 0 Å². The van der Waals surface area contributed by atoms with Gasteiger partial charge in [-0.3, -0.25) is 4.79 Å². The Morgan fingerprint density at radius 3 is 2.95 bits per heavy atom. The van der Waals surface area contributed by atoms with Gasteiger partial charge in [-0.25, -0.2) is 9.48 Å². The summed E-state index contributed by atoms with van der Waals surface area (Å²) in [5, 5.41) is 21.3. The average Bonchev–Trinajstić information content (AvgIpc) is 3.15. The molecule has 2 rings (SSSR count). The number of carbonyl (C=O) groups excluding carboxylic acids is 1. The van der Waals surface area contributed by atoms with Crippen LogP contribution in [0.4, 0.5) is 0 Å². The minimum atomic E-state index is -1.03. The molecule has 0 saturated carbocycles. The lowest BCUT2D eigenvalue weighted by atomic mass is 10.1. The molecule has 0 aliphatic heterocycles. The molecule has 2 aromatic heterocycles. The van der Waals surface area contributed by atoms with E-state index in [9.17, 15) is 9.59 Å². The van der Waals surface area contributed by atoms with E-state index in [2.05, 4.69) is 15.6 Å². The smallest absolute Gasteiger partial charge is 0.326 e. The zero-order chi connectivity index (χ0) is 15.9. The zero-order valence-electron chi connectivity index (χ0n) is 12.2. The van der Waals surface area contributed by atoms with Crippen LogP contribution in [-0.2, 0) is 11.3 Å². The maximum Gasteiger partial charge on any atom is 0.326 e. The predicted molar refractivity (Wildman–Crippen MR) is 81.9 cm³/mol. The highest BCUT2D eigenvalue weighted by molar-refractivity contribution is 7.09. The molecule has 118 valence electrons. The number of nitrogens with one attached hydrogen (secondary N) is 1. The van der Waals surface area contributed by atoms with Gasteiger partial charge in [0.1, 0.15) is 6.04 Å². The molecule has 8 heteroatoms. The largest absolute Gasteiger partial charge is 0.480 e. The Balaban J connectivity index is 1.97. The standard InChI is InChI=1S/C14H18N4O3S/c1-2-3-6-11(14(20)21)15-13(19)12-9-18(17-16-12)8-10-5-4-7-22-10/h4-5,7,9,11H,2-3,6,8H2,1H3,(H,15,19)(H,20,21). The van der Waals surface area contributed by atoms with Crippen molar-refractivity contribution < 1.29 is 14.7 Å². The van der Waals surface area contributed by atoms with E-state index in [1.807, 2.05) is 24.4 Å². The van der Waals surface area contributed by atoms with Crippen molar-refractivity contribution in [1.82, 2.24) is 20.3 Å². The summed E-state index contributed by atoms with van der Waals surface area (Å²) in [7, 11) is 0. The van der Waals surface area contributed by atoms with Crippen molar-refractivity contribution in [2.24, 2.45) is 0 Å². The van der Waals surface area contributed by atoms with Gasteiger partial charge in [-0.15, -0.1) is 16.4 Å². The van der Waals surface area contributed by atoms with Crippen LogP contribution in [0.3, 0.4) is 0 Å². The molecule has 2 aromatic rings. The lowest BCUT2D eigenvalue weighted by Gasteiger charge is -2.12. The summed E-state index contributed by atoms with van der Waals surface area (Å²) in [5.41, 5.74) is 0.124. The van der Waals surface area contributed by atoms with Gasteiger partial charge in [-0.1, -0.05) is 31.0 Å². The molecule has 1 amide bonds. The van der Waals surface area contributed by atoms with Crippen molar-refractivity contribution in [3.63, 3.8) is 0 Å². The Labute approximate surface area is 132 Å². The molecule has 0 aliphatic carbocycles. The third-order valence-electron chi connectivity index (χ3n) is 3.12. The Morgan fingerprint density at radius 2 is 2.32 bits per heavy atom. The number of carboxylic acids is 1. The molecule has 0 fully saturated rings. The van der Waals surface area contributed by atoms with E-state index in [0.29, 0.717) is 13.0 Å². The highest BCUT2D eigenvalue weighted by atomic mass is 32.1. The van der Waals surface area contributed by atoms with Crippen LogP contribution in [0.5, 0.6) is 0 Å². The summed E-state index contributed by atoms with van der Waals surface area (Å²) in [4.78, 5) is 24.3. The number of carboxylic acid groups (broad SMARTS) is 1. The molecular formula is C14H18N4O3S. The molecule has 22 heavy (non-hydrogen) atoms. The molecule has 7 nitrogen and oxygen atoms in total. The highest BCUT2D eigenvalue weighted by Crippen LogP contribution is 2.10. The average molecular weight is 322 g/mol. The molecule has 0 saturated heterocycles. The van der Waals surface area contributed by atoms with Gasteiger partial charge in [0.05, 0.1) is 12.7 Å². The summed E-state index contributed by atoms with van der Waals surface area (Å²) in [6, 6.07) is 3.02. The second-order valence-corrected chi connectivity index (χ2v) is 5.92. The number of aromatic nitrogens is 3. The topological polar surface area (TPSA) is 97.1 Å². The second kappa shape index (κ2) is 7.69. The normalized spacial score (nSPS) is 12.0. The molecule has 2 N–H and O–H groups in total. The number of amides is 1.